The topological polar surface area (TPSA) is 87.7 Å². The van der Waals surface area contributed by atoms with Crippen molar-refractivity contribution in [3.63, 3.8) is 0 Å². The largest absolute Gasteiger partial charge is 0.507 e. The number of fused-ring (bicyclic) bond motifs is 1. The van der Waals surface area contributed by atoms with E-state index in [0.29, 0.717) is 48.2 Å². The SMILES string of the molecule is CCCCCOc1ccc(C2c3c(-c4cc(Cl)c(C)cc4O)n[nH]c3C(=O)N2CCCOC(C)C)cc1. The van der Waals surface area contributed by atoms with Crippen LogP contribution in [0.25, 0.3) is 11.3 Å². The fourth-order valence-electron chi connectivity index (χ4n) is 4.68. The molecule has 4 rings (SSSR count). The van der Waals surface area contributed by atoms with Gasteiger partial charge in [-0.25, -0.2) is 0 Å². The number of aryl methyl sites for hydroxylation is 1. The lowest BCUT2D eigenvalue weighted by Crippen LogP contribution is -2.31. The average Bonchev–Trinajstić information content (AvgIpc) is 3.41. The van der Waals surface area contributed by atoms with Gasteiger partial charge >= 0.3 is 0 Å². The number of aromatic hydroxyl groups is 1. The summed E-state index contributed by atoms with van der Waals surface area (Å²) in [6, 6.07) is 10.8. The van der Waals surface area contributed by atoms with Crippen LogP contribution in [0, 0.1) is 6.92 Å². The minimum atomic E-state index is -0.371. The number of carbonyl (C=O) groups is 1. The number of benzene rings is 2. The fourth-order valence-corrected chi connectivity index (χ4v) is 4.84. The van der Waals surface area contributed by atoms with E-state index >= 15 is 0 Å². The van der Waals surface area contributed by atoms with Gasteiger partial charge in [0, 0.05) is 29.3 Å². The van der Waals surface area contributed by atoms with Crippen molar-refractivity contribution >= 4 is 17.5 Å². The van der Waals surface area contributed by atoms with Gasteiger partial charge in [0.1, 0.15) is 22.9 Å². The summed E-state index contributed by atoms with van der Waals surface area (Å²) in [5.74, 6) is 0.750. The number of phenolic OH excluding ortho intramolecular Hbond substituents is 1. The smallest absolute Gasteiger partial charge is 0.273 e. The fraction of sp³-hybridized carbons (Fsp3) is 0.448. The first-order valence-electron chi connectivity index (χ1n) is 13.0. The lowest BCUT2D eigenvalue weighted by Gasteiger charge is -2.27. The molecule has 0 saturated heterocycles. The van der Waals surface area contributed by atoms with Crippen LogP contribution < -0.4 is 4.74 Å². The molecule has 198 valence electrons. The maximum atomic E-state index is 13.5. The molecule has 8 heteroatoms. The molecule has 0 saturated carbocycles. The van der Waals surface area contributed by atoms with Crippen molar-refractivity contribution in [2.75, 3.05) is 19.8 Å². The van der Waals surface area contributed by atoms with Gasteiger partial charge in [0.15, 0.2) is 0 Å². The number of aromatic nitrogens is 2. The Bertz CT molecular complexity index is 1220. The van der Waals surface area contributed by atoms with Crippen LogP contribution in [0.5, 0.6) is 11.5 Å². The summed E-state index contributed by atoms with van der Waals surface area (Å²) < 4.78 is 11.6. The summed E-state index contributed by atoms with van der Waals surface area (Å²) in [7, 11) is 0. The Kier molecular flexibility index (Phi) is 8.77. The summed E-state index contributed by atoms with van der Waals surface area (Å²) in [5, 5.41) is 18.7. The van der Waals surface area contributed by atoms with Crippen molar-refractivity contribution in [2.45, 2.75) is 65.5 Å². The molecule has 0 fully saturated rings. The zero-order valence-corrected chi connectivity index (χ0v) is 22.8. The lowest BCUT2D eigenvalue weighted by molar-refractivity contribution is 0.0601. The van der Waals surface area contributed by atoms with Gasteiger partial charge in [-0.1, -0.05) is 43.5 Å². The van der Waals surface area contributed by atoms with Crippen molar-refractivity contribution in [1.82, 2.24) is 15.1 Å². The first kappa shape index (κ1) is 27.0. The third-order valence-electron chi connectivity index (χ3n) is 6.60. The number of H-pyrrole nitrogens is 1. The third kappa shape index (κ3) is 5.94. The van der Waals surface area contributed by atoms with Crippen LogP contribution in [-0.2, 0) is 4.74 Å². The molecular formula is C29H36ClN3O4. The standard InChI is InChI=1S/C29H36ClN3O4/c1-5-6-7-14-37-21-11-9-20(10-12-21)28-25-26(22-17-23(30)19(4)16-24(22)34)31-32-27(25)29(35)33(28)13-8-15-36-18(2)3/h9-12,16-18,28,34H,5-8,13-15H2,1-4H3,(H,31,32). The van der Waals surface area contributed by atoms with E-state index in [4.69, 9.17) is 21.1 Å². The normalized spacial score (nSPS) is 15.0. The highest BCUT2D eigenvalue weighted by Crippen LogP contribution is 2.45. The molecule has 0 spiro atoms. The minimum Gasteiger partial charge on any atom is -0.507 e. The molecule has 2 aromatic carbocycles. The molecule has 1 aliphatic rings. The number of nitrogens with zero attached hydrogens (tertiary/aromatic N) is 2. The number of hydrogen-bond donors (Lipinski definition) is 2. The van der Waals surface area contributed by atoms with E-state index in [1.165, 1.54) is 0 Å². The van der Waals surface area contributed by atoms with Crippen LogP contribution in [-0.4, -0.2) is 52.0 Å². The molecular weight excluding hydrogens is 490 g/mol. The molecule has 7 nitrogen and oxygen atoms in total. The number of carbonyl (C=O) groups excluding carboxylic acids is 1. The molecule has 1 atom stereocenters. The second-order valence-electron chi connectivity index (χ2n) is 9.78. The number of phenols is 1. The Morgan fingerprint density at radius 1 is 1.14 bits per heavy atom. The van der Waals surface area contributed by atoms with Crippen LogP contribution in [0.2, 0.25) is 5.02 Å². The van der Waals surface area contributed by atoms with E-state index in [-0.39, 0.29) is 23.8 Å². The molecule has 0 bridgehead atoms. The zero-order valence-electron chi connectivity index (χ0n) is 22.0. The van der Waals surface area contributed by atoms with Gasteiger partial charge in [-0.3, -0.25) is 9.89 Å². The summed E-state index contributed by atoms with van der Waals surface area (Å²) in [4.78, 5) is 15.4. The highest BCUT2D eigenvalue weighted by atomic mass is 35.5. The monoisotopic (exact) mass is 525 g/mol. The molecule has 1 aromatic heterocycles. The zero-order chi connectivity index (χ0) is 26.5. The van der Waals surface area contributed by atoms with E-state index < -0.39 is 0 Å². The van der Waals surface area contributed by atoms with Gasteiger partial charge < -0.3 is 19.5 Å². The molecule has 2 heterocycles. The second-order valence-corrected chi connectivity index (χ2v) is 10.2. The number of ether oxygens (including phenoxy) is 2. The highest BCUT2D eigenvalue weighted by Gasteiger charge is 2.42. The minimum absolute atomic E-state index is 0.0713. The summed E-state index contributed by atoms with van der Waals surface area (Å²) in [5.41, 5.74) is 3.89. The molecule has 37 heavy (non-hydrogen) atoms. The van der Waals surface area contributed by atoms with Crippen LogP contribution in [0.1, 0.15) is 79.7 Å². The number of halogens is 1. The van der Waals surface area contributed by atoms with Gasteiger partial charge in [-0.2, -0.15) is 5.10 Å². The van der Waals surface area contributed by atoms with Crippen molar-refractivity contribution < 1.29 is 19.4 Å². The first-order valence-corrected chi connectivity index (χ1v) is 13.4. The van der Waals surface area contributed by atoms with Crippen molar-refractivity contribution in [2.24, 2.45) is 0 Å². The maximum absolute atomic E-state index is 13.5. The highest BCUT2D eigenvalue weighted by molar-refractivity contribution is 6.31. The van der Waals surface area contributed by atoms with Gasteiger partial charge in [0.05, 0.1) is 18.8 Å². The van der Waals surface area contributed by atoms with Crippen molar-refractivity contribution in [3.05, 3.63) is 63.8 Å². The summed E-state index contributed by atoms with van der Waals surface area (Å²) in [6.07, 6.45) is 4.14. The predicted octanol–water partition coefficient (Wildman–Crippen LogP) is 6.67. The maximum Gasteiger partial charge on any atom is 0.273 e. The van der Waals surface area contributed by atoms with E-state index in [2.05, 4.69) is 17.1 Å². The van der Waals surface area contributed by atoms with Crippen LogP contribution in [0.3, 0.4) is 0 Å². The summed E-state index contributed by atoms with van der Waals surface area (Å²) >= 11 is 6.40. The second kappa shape index (κ2) is 12.0. The Labute approximate surface area is 223 Å². The van der Waals surface area contributed by atoms with Crippen LogP contribution in [0.4, 0.5) is 0 Å². The molecule has 0 aliphatic carbocycles. The lowest BCUT2D eigenvalue weighted by atomic mass is 9.95. The number of nitrogens with one attached hydrogen (secondary N) is 1. The number of amides is 1. The van der Waals surface area contributed by atoms with E-state index in [1.807, 2.05) is 49.9 Å². The summed E-state index contributed by atoms with van der Waals surface area (Å²) in [6.45, 7) is 9.76. The molecule has 1 unspecified atom stereocenters. The van der Waals surface area contributed by atoms with E-state index in [9.17, 15) is 9.90 Å². The van der Waals surface area contributed by atoms with Crippen molar-refractivity contribution in [3.8, 4) is 22.8 Å². The van der Waals surface area contributed by atoms with E-state index in [0.717, 1.165) is 41.7 Å². The van der Waals surface area contributed by atoms with E-state index in [1.54, 1.807) is 12.1 Å². The van der Waals surface area contributed by atoms with Crippen LogP contribution in [0.15, 0.2) is 36.4 Å². The molecule has 1 aliphatic heterocycles. The van der Waals surface area contributed by atoms with Gasteiger partial charge in [0.25, 0.3) is 5.91 Å². The van der Waals surface area contributed by atoms with Crippen molar-refractivity contribution in [1.29, 1.82) is 0 Å². The number of unbranched alkanes of at least 4 members (excludes halogenated alkanes) is 2. The number of hydrogen-bond acceptors (Lipinski definition) is 5. The van der Waals surface area contributed by atoms with Crippen LogP contribution >= 0.6 is 11.6 Å². The quantitative estimate of drug-likeness (QED) is 0.258. The number of rotatable bonds is 12. The Balaban J connectivity index is 1.68. The molecule has 0 radical (unpaired) electrons. The van der Waals surface area contributed by atoms with Gasteiger partial charge in [-0.15, -0.1) is 0 Å². The number of aromatic amines is 1. The Morgan fingerprint density at radius 3 is 2.59 bits per heavy atom. The molecule has 3 aromatic rings. The predicted molar refractivity (Wildman–Crippen MR) is 145 cm³/mol. The van der Waals surface area contributed by atoms with Gasteiger partial charge in [-0.05, 0) is 69.0 Å². The average molecular weight is 526 g/mol. The molecule has 1 amide bonds. The molecule has 2 N–H and O–H groups in total. The Morgan fingerprint density at radius 2 is 1.89 bits per heavy atom. The third-order valence-corrected chi connectivity index (χ3v) is 7.01. The first-order chi connectivity index (χ1) is 17.8. The Hall–Kier alpha value is -3.03. The van der Waals surface area contributed by atoms with Gasteiger partial charge in [0.2, 0.25) is 0 Å².